The van der Waals surface area contributed by atoms with Crippen LogP contribution in [0, 0.1) is 5.82 Å². The Kier molecular flexibility index (Phi) is 3.45. The fraction of sp³-hybridized carbons (Fsp3) is 0.118. The van der Waals surface area contributed by atoms with Crippen LogP contribution in [0.25, 0.3) is 11.4 Å². The van der Waals surface area contributed by atoms with E-state index in [9.17, 15) is 9.18 Å². The molecule has 7 heteroatoms. The number of rotatable bonds is 3. The van der Waals surface area contributed by atoms with Crippen molar-refractivity contribution in [3.63, 3.8) is 0 Å². The molecule has 6 nitrogen and oxygen atoms in total. The summed E-state index contributed by atoms with van der Waals surface area (Å²) in [6, 6.07) is 13.2. The highest BCUT2D eigenvalue weighted by Crippen LogP contribution is 2.32. The van der Waals surface area contributed by atoms with E-state index >= 15 is 0 Å². The van der Waals surface area contributed by atoms with E-state index in [4.69, 9.17) is 9.26 Å². The highest BCUT2D eigenvalue weighted by atomic mass is 19.1. The van der Waals surface area contributed by atoms with Gasteiger partial charge in [0.25, 0.3) is 5.91 Å². The van der Waals surface area contributed by atoms with Gasteiger partial charge in [-0.25, -0.2) is 4.39 Å². The van der Waals surface area contributed by atoms with Gasteiger partial charge in [-0.3, -0.25) is 9.69 Å². The number of anilines is 1. The molecule has 0 aliphatic carbocycles. The summed E-state index contributed by atoms with van der Waals surface area (Å²) in [4.78, 5) is 17.9. The van der Waals surface area contributed by atoms with Crippen molar-refractivity contribution in [2.24, 2.45) is 0 Å². The Bertz CT molecular complexity index is 909. The number of carbonyl (C=O) groups is 1. The van der Waals surface area contributed by atoms with Gasteiger partial charge < -0.3 is 9.26 Å². The van der Waals surface area contributed by atoms with Crippen LogP contribution in [0.4, 0.5) is 10.1 Å². The largest absolute Gasteiger partial charge is 0.482 e. The van der Waals surface area contributed by atoms with Crippen LogP contribution in [-0.2, 0) is 11.3 Å². The number of halogens is 1. The SMILES string of the molecule is O=C1COc2ccccc2N1Cc1nc(-c2cccc(F)c2)no1. The van der Waals surface area contributed by atoms with Crippen molar-refractivity contribution in [2.75, 3.05) is 11.5 Å². The quantitative estimate of drug-likeness (QED) is 0.741. The van der Waals surface area contributed by atoms with E-state index < -0.39 is 0 Å². The first-order valence-electron chi connectivity index (χ1n) is 7.31. The van der Waals surface area contributed by atoms with Crippen LogP contribution in [0.2, 0.25) is 0 Å². The molecule has 0 fully saturated rings. The molecule has 3 aromatic rings. The van der Waals surface area contributed by atoms with Crippen LogP contribution in [0.3, 0.4) is 0 Å². The lowest BCUT2D eigenvalue weighted by Gasteiger charge is -2.27. The second kappa shape index (κ2) is 5.77. The van der Waals surface area contributed by atoms with Gasteiger partial charge in [0.05, 0.1) is 5.69 Å². The van der Waals surface area contributed by atoms with Crippen LogP contribution in [-0.4, -0.2) is 22.7 Å². The Balaban J connectivity index is 1.61. The molecular weight excluding hydrogens is 313 g/mol. The van der Waals surface area contributed by atoms with E-state index in [0.717, 1.165) is 0 Å². The van der Waals surface area contributed by atoms with E-state index in [-0.39, 0.29) is 36.6 Å². The smallest absolute Gasteiger partial charge is 0.265 e. The van der Waals surface area contributed by atoms with Gasteiger partial charge in [-0.15, -0.1) is 0 Å². The lowest BCUT2D eigenvalue weighted by Crippen LogP contribution is -2.38. The molecule has 0 saturated carbocycles. The van der Waals surface area contributed by atoms with Gasteiger partial charge >= 0.3 is 0 Å². The molecule has 2 aromatic carbocycles. The van der Waals surface area contributed by atoms with Crippen LogP contribution >= 0.6 is 0 Å². The highest BCUT2D eigenvalue weighted by Gasteiger charge is 2.27. The van der Waals surface area contributed by atoms with E-state index in [1.54, 1.807) is 24.3 Å². The molecule has 1 aliphatic rings. The minimum atomic E-state index is -0.379. The monoisotopic (exact) mass is 325 g/mol. The molecule has 4 rings (SSSR count). The van der Waals surface area contributed by atoms with Gasteiger partial charge in [0, 0.05) is 5.56 Å². The van der Waals surface area contributed by atoms with E-state index in [1.807, 2.05) is 12.1 Å². The summed E-state index contributed by atoms with van der Waals surface area (Å²) < 4.78 is 23.9. The standard InChI is InChI=1S/C17H12FN3O3/c18-12-5-3-4-11(8-12)17-19-15(24-20-17)9-21-13-6-1-2-7-14(13)23-10-16(21)22/h1-8H,9-10H2. The first kappa shape index (κ1) is 14.4. The summed E-state index contributed by atoms with van der Waals surface area (Å²) in [5.74, 6) is 0.593. The van der Waals surface area contributed by atoms with Crippen molar-refractivity contribution < 1.29 is 18.4 Å². The number of ether oxygens (including phenoxy) is 1. The number of amides is 1. The number of carbonyl (C=O) groups excluding carboxylic acids is 1. The molecule has 1 aromatic heterocycles. The summed E-state index contributed by atoms with van der Waals surface area (Å²) in [6.07, 6.45) is 0. The van der Waals surface area contributed by atoms with Crippen molar-refractivity contribution in [1.29, 1.82) is 0 Å². The van der Waals surface area contributed by atoms with E-state index in [2.05, 4.69) is 10.1 Å². The Morgan fingerprint density at radius 3 is 2.92 bits per heavy atom. The van der Waals surface area contributed by atoms with Crippen molar-refractivity contribution >= 4 is 11.6 Å². The molecule has 2 heterocycles. The summed E-state index contributed by atoms with van der Waals surface area (Å²) in [7, 11) is 0. The number of hydrogen-bond acceptors (Lipinski definition) is 5. The maximum atomic E-state index is 13.3. The van der Waals surface area contributed by atoms with E-state index in [1.165, 1.54) is 17.0 Å². The molecule has 0 unspecified atom stereocenters. The zero-order valence-electron chi connectivity index (χ0n) is 12.5. The van der Waals surface area contributed by atoms with Gasteiger partial charge in [0.1, 0.15) is 18.1 Å². The number of fused-ring (bicyclic) bond motifs is 1. The highest BCUT2D eigenvalue weighted by molar-refractivity contribution is 5.97. The minimum Gasteiger partial charge on any atom is -0.482 e. The first-order valence-corrected chi connectivity index (χ1v) is 7.31. The molecule has 0 bridgehead atoms. The predicted octanol–water partition coefficient (Wildman–Crippen LogP) is 2.80. The molecule has 120 valence electrons. The van der Waals surface area contributed by atoms with Gasteiger partial charge in [-0.1, -0.05) is 29.4 Å². The third kappa shape index (κ3) is 2.60. The summed E-state index contributed by atoms with van der Waals surface area (Å²) >= 11 is 0. The van der Waals surface area contributed by atoms with Crippen molar-refractivity contribution in [3.05, 3.63) is 60.2 Å². The zero-order valence-corrected chi connectivity index (χ0v) is 12.5. The summed E-state index contributed by atoms with van der Waals surface area (Å²) in [5, 5.41) is 3.85. The van der Waals surface area contributed by atoms with Gasteiger partial charge in [-0.05, 0) is 24.3 Å². The Labute approximate surface area is 136 Å². The van der Waals surface area contributed by atoms with Crippen molar-refractivity contribution in [3.8, 4) is 17.1 Å². The zero-order chi connectivity index (χ0) is 16.5. The molecule has 0 atom stereocenters. The third-order valence-electron chi connectivity index (χ3n) is 3.65. The molecular formula is C17H12FN3O3. The maximum absolute atomic E-state index is 13.3. The molecule has 24 heavy (non-hydrogen) atoms. The minimum absolute atomic E-state index is 0.0398. The average molecular weight is 325 g/mol. The van der Waals surface area contributed by atoms with Gasteiger partial charge in [-0.2, -0.15) is 4.98 Å². The molecule has 0 radical (unpaired) electrons. The Morgan fingerprint density at radius 2 is 2.04 bits per heavy atom. The Morgan fingerprint density at radius 1 is 1.17 bits per heavy atom. The van der Waals surface area contributed by atoms with Crippen molar-refractivity contribution in [1.82, 2.24) is 10.1 Å². The predicted molar refractivity (Wildman–Crippen MR) is 82.8 cm³/mol. The normalized spacial score (nSPS) is 13.5. The average Bonchev–Trinajstić information content (AvgIpc) is 3.06. The second-order valence-corrected chi connectivity index (χ2v) is 5.26. The number of para-hydroxylation sites is 2. The second-order valence-electron chi connectivity index (χ2n) is 5.26. The van der Waals surface area contributed by atoms with Crippen LogP contribution in [0.1, 0.15) is 5.89 Å². The molecule has 0 N–H and O–H groups in total. The summed E-state index contributed by atoms with van der Waals surface area (Å²) in [5.41, 5.74) is 1.16. The number of hydrogen-bond donors (Lipinski definition) is 0. The fourth-order valence-corrected chi connectivity index (χ4v) is 2.53. The lowest BCUT2D eigenvalue weighted by molar-refractivity contribution is -0.121. The molecule has 0 spiro atoms. The van der Waals surface area contributed by atoms with Crippen LogP contribution < -0.4 is 9.64 Å². The third-order valence-corrected chi connectivity index (χ3v) is 3.65. The molecule has 1 amide bonds. The van der Waals surface area contributed by atoms with E-state index in [0.29, 0.717) is 17.0 Å². The molecule has 1 aliphatic heterocycles. The Hall–Kier alpha value is -3.22. The summed E-state index contributed by atoms with van der Waals surface area (Å²) in [6.45, 7) is 0.0867. The maximum Gasteiger partial charge on any atom is 0.265 e. The lowest BCUT2D eigenvalue weighted by atomic mass is 10.2. The fourth-order valence-electron chi connectivity index (χ4n) is 2.53. The first-order chi connectivity index (χ1) is 11.7. The molecule has 0 saturated heterocycles. The topological polar surface area (TPSA) is 68.5 Å². The number of benzene rings is 2. The van der Waals surface area contributed by atoms with Crippen LogP contribution in [0.5, 0.6) is 5.75 Å². The number of nitrogens with zero attached hydrogens (tertiary/aromatic N) is 3. The number of aromatic nitrogens is 2. The van der Waals surface area contributed by atoms with Crippen LogP contribution in [0.15, 0.2) is 53.1 Å². The van der Waals surface area contributed by atoms with Gasteiger partial charge in [0.2, 0.25) is 11.7 Å². The van der Waals surface area contributed by atoms with Crippen molar-refractivity contribution in [2.45, 2.75) is 6.54 Å². The van der Waals surface area contributed by atoms with Gasteiger partial charge in [0.15, 0.2) is 6.61 Å².